The number of unbranched alkanes of at least 4 members (excludes halogenated alkanes) is 1. The number of carbonyl (C=O) groups excluding carboxylic acids is 1. The third-order valence-electron chi connectivity index (χ3n) is 6.01. The molecule has 0 radical (unpaired) electrons. The molecule has 0 aliphatic carbocycles. The van der Waals surface area contributed by atoms with Gasteiger partial charge < -0.3 is 9.64 Å². The number of amides is 1. The summed E-state index contributed by atoms with van der Waals surface area (Å²) < 4.78 is 34.1. The Labute approximate surface area is 218 Å². The van der Waals surface area contributed by atoms with Crippen LogP contribution in [0.3, 0.4) is 0 Å². The molecule has 1 heterocycles. The number of aromatic nitrogens is 1. The van der Waals surface area contributed by atoms with Crippen molar-refractivity contribution in [3.05, 3.63) is 47.5 Å². The number of hydrogen-bond acceptors (Lipinski definition) is 7. The van der Waals surface area contributed by atoms with Gasteiger partial charge in [-0.05, 0) is 63.3 Å². The molecule has 0 N–H and O–H groups in total. The van der Waals surface area contributed by atoms with Gasteiger partial charge in [0.2, 0.25) is 10.0 Å². The van der Waals surface area contributed by atoms with Crippen molar-refractivity contribution in [3.8, 4) is 5.75 Å². The fourth-order valence-corrected chi connectivity index (χ4v) is 6.38. The molecule has 36 heavy (non-hydrogen) atoms. The number of benzene rings is 2. The van der Waals surface area contributed by atoms with E-state index in [-0.39, 0.29) is 10.8 Å². The lowest BCUT2D eigenvalue weighted by Gasteiger charge is -2.23. The zero-order valence-electron chi connectivity index (χ0n) is 21.9. The van der Waals surface area contributed by atoms with Crippen molar-refractivity contribution >= 4 is 42.6 Å². The van der Waals surface area contributed by atoms with E-state index >= 15 is 0 Å². The van der Waals surface area contributed by atoms with Crippen molar-refractivity contribution in [2.75, 3.05) is 52.3 Å². The molecule has 1 amide bonds. The molecule has 0 atom stereocenters. The number of fused-ring (bicyclic) bond motifs is 1. The molecular formula is C26H36N4O4S2. The maximum absolute atomic E-state index is 13.6. The Kier molecular flexibility index (Phi) is 9.46. The fraction of sp³-hybridized carbons (Fsp3) is 0.462. The van der Waals surface area contributed by atoms with E-state index in [1.807, 2.05) is 51.9 Å². The van der Waals surface area contributed by atoms with Crippen LogP contribution in [0.25, 0.3) is 10.2 Å². The lowest BCUT2D eigenvalue weighted by Crippen LogP contribution is -2.36. The number of nitrogens with zero attached hydrogens (tertiary/aromatic N) is 4. The summed E-state index contributed by atoms with van der Waals surface area (Å²) in [6.45, 7) is 7.85. The molecule has 3 aromatic rings. The Morgan fingerprint density at radius 2 is 1.72 bits per heavy atom. The number of anilines is 1. The largest absolute Gasteiger partial charge is 0.494 e. The molecule has 0 aliphatic rings. The molecular weight excluding hydrogens is 496 g/mol. The maximum Gasteiger partial charge on any atom is 0.260 e. The first-order chi connectivity index (χ1) is 17.1. The lowest BCUT2D eigenvalue weighted by atomic mass is 10.2. The van der Waals surface area contributed by atoms with E-state index in [9.17, 15) is 13.2 Å². The highest BCUT2D eigenvalue weighted by Gasteiger charge is 2.25. The number of rotatable bonds is 12. The van der Waals surface area contributed by atoms with E-state index in [1.165, 1.54) is 27.8 Å². The van der Waals surface area contributed by atoms with E-state index in [0.29, 0.717) is 42.6 Å². The molecule has 0 fully saturated rings. The second-order valence-corrected chi connectivity index (χ2v) is 11.8. The van der Waals surface area contributed by atoms with E-state index in [0.717, 1.165) is 28.6 Å². The van der Waals surface area contributed by atoms with Crippen molar-refractivity contribution in [3.63, 3.8) is 0 Å². The molecule has 1 aromatic heterocycles. The van der Waals surface area contributed by atoms with E-state index in [2.05, 4.69) is 0 Å². The van der Waals surface area contributed by atoms with Crippen LogP contribution in [0, 0.1) is 6.92 Å². The zero-order valence-corrected chi connectivity index (χ0v) is 23.6. The first-order valence-corrected chi connectivity index (χ1v) is 14.4. The average molecular weight is 533 g/mol. The molecule has 0 bridgehead atoms. The van der Waals surface area contributed by atoms with Crippen LogP contribution < -0.4 is 9.64 Å². The number of ether oxygens (including phenoxy) is 1. The van der Waals surface area contributed by atoms with E-state index in [1.54, 1.807) is 24.1 Å². The quantitative estimate of drug-likeness (QED) is 0.338. The van der Waals surface area contributed by atoms with Crippen LogP contribution in [0.4, 0.5) is 5.13 Å². The smallest absolute Gasteiger partial charge is 0.260 e. The minimum Gasteiger partial charge on any atom is -0.494 e. The highest BCUT2D eigenvalue weighted by atomic mass is 32.2. The monoisotopic (exact) mass is 532 g/mol. The highest BCUT2D eigenvalue weighted by molar-refractivity contribution is 7.89. The molecule has 0 unspecified atom stereocenters. The van der Waals surface area contributed by atoms with Crippen molar-refractivity contribution in [2.45, 2.75) is 38.5 Å². The molecule has 3 rings (SSSR count). The van der Waals surface area contributed by atoms with Gasteiger partial charge in [0.05, 0.1) is 16.7 Å². The van der Waals surface area contributed by atoms with Gasteiger partial charge in [0.1, 0.15) is 11.3 Å². The molecule has 0 saturated heterocycles. The highest BCUT2D eigenvalue weighted by Crippen LogP contribution is 2.36. The summed E-state index contributed by atoms with van der Waals surface area (Å²) in [7, 11) is 1.90. The Balaban J connectivity index is 1.95. The first-order valence-electron chi connectivity index (χ1n) is 12.1. The normalized spacial score (nSPS) is 12.0. The molecule has 0 spiro atoms. The average Bonchev–Trinajstić information content (AvgIpc) is 3.30. The first kappa shape index (κ1) is 28.0. The van der Waals surface area contributed by atoms with E-state index in [4.69, 9.17) is 9.72 Å². The third-order valence-corrected chi connectivity index (χ3v) is 9.21. The molecule has 0 saturated carbocycles. The Hall–Kier alpha value is -2.53. The topological polar surface area (TPSA) is 83.1 Å². The Bertz CT molecular complexity index is 1290. The van der Waals surface area contributed by atoms with Gasteiger partial charge >= 0.3 is 0 Å². The van der Waals surface area contributed by atoms with Gasteiger partial charge in [-0.3, -0.25) is 9.69 Å². The Morgan fingerprint density at radius 1 is 1.03 bits per heavy atom. The van der Waals surface area contributed by atoms with Crippen LogP contribution in [0.1, 0.15) is 42.6 Å². The second kappa shape index (κ2) is 12.1. The van der Waals surface area contributed by atoms with Crippen LogP contribution in [-0.2, 0) is 10.0 Å². The SMILES string of the molecule is CCCCN(CC)S(=O)(=O)c1ccc(C(=O)N(CCN(C)C)c2nc3c(OC)ccc(C)c3s2)cc1. The van der Waals surface area contributed by atoms with Crippen LogP contribution in [0.2, 0.25) is 0 Å². The maximum atomic E-state index is 13.6. The number of aryl methyl sites for hydroxylation is 1. The van der Waals surface area contributed by atoms with Crippen LogP contribution >= 0.6 is 11.3 Å². The number of methoxy groups -OCH3 is 1. The summed E-state index contributed by atoms with van der Waals surface area (Å²) >= 11 is 1.45. The summed E-state index contributed by atoms with van der Waals surface area (Å²) in [5.41, 5.74) is 2.20. The van der Waals surface area contributed by atoms with E-state index < -0.39 is 10.0 Å². The number of likely N-dealkylation sites (N-methyl/N-ethyl adjacent to an activating group) is 1. The van der Waals surface area contributed by atoms with Gasteiger partial charge in [-0.2, -0.15) is 4.31 Å². The summed E-state index contributed by atoms with van der Waals surface area (Å²) in [4.78, 5) is 22.3. The minimum atomic E-state index is -3.61. The third kappa shape index (κ3) is 6.05. The van der Waals surface area contributed by atoms with Crippen molar-refractivity contribution in [2.24, 2.45) is 0 Å². The van der Waals surface area contributed by atoms with Crippen LogP contribution in [-0.4, -0.2) is 75.9 Å². The van der Waals surface area contributed by atoms with Gasteiger partial charge in [-0.25, -0.2) is 13.4 Å². The standard InChI is InChI=1S/C26H36N4O4S2/c1-7-9-16-29(8-2)36(32,33)21-13-11-20(12-14-21)25(31)30(18-17-28(4)5)26-27-23-22(34-6)15-10-19(3)24(23)35-26/h10-15H,7-9,16-18H2,1-6H3. The van der Waals surface area contributed by atoms with Gasteiger partial charge in [0, 0.05) is 31.7 Å². The number of thiazole rings is 1. The second-order valence-electron chi connectivity index (χ2n) is 8.89. The number of carbonyl (C=O) groups is 1. The molecule has 0 aliphatic heterocycles. The predicted octanol–water partition coefficient (Wildman–Crippen LogP) is 4.63. The zero-order chi connectivity index (χ0) is 26.5. The van der Waals surface area contributed by atoms with Gasteiger partial charge in [-0.1, -0.05) is 37.7 Å². The van der Waals surface area contributed by atoms with Crippen molar-refractivity contribution in [1.82, 2.24) is 14.2 Å². The van der Waals surface area contributed by atoms with Gasteiger partial charge in [0.25, 0.3) is 5.91 Å². The molecule has 10 heteroatoms. The molecule has 2 aromatic carbocycles. The summed E-state index contributed by atoms with van der Waals surface area (Å²) in [5, 5.41) is 0.581. The summed E-state index contributed by atoms with van der Waals surface area (Å²) in [6, 6.07) is 10.1. The summed E-state index contributed by atoms with van der Waals surface area (Å²) in [6.07, 6.45) is 1.72. The van der Waals surface area contributed by atoms with Crippen LogP contribution in [0.5, 0.6) is 5.75 Å². The number of hydrogen-bond donors (Lipinski definition) is 0. The van der Waals surface area contributed by atoms with Gasteiger partial charge in [0.15, 0.2) is 5.13 Å². The molecule has 8 nitrogen and oxygen atoms in total. The predicted molar refractivity (Wildman–Crippen MR) is 147 cm³/mol. The molecule has 196 valence electrons. The fourth-order valence-electron chi connectivity index (χ4n) is 3.82. The van der Waals surface area contributed by atoms with Gasteiger partial charge in [-0.15, -0.1) is 0 Å². The van der Waals surface area contributed by atoms with Crippen molar-refractivity contribution < 1.29 is 17.9 Å². The number of sulfonamides is 1. The van der Waals surface area contributed by atoms with Crippen LogP contribution in [0.15, 0.2) is 41.3 Å². The minimum absolute atomic E-state index is 0.192. The van der Waals surface area contributed by atoms with Crippen molar-refractivity contribution in [1.29, 1.82) is 0 Å². The summed E-state index contributed by atoms with van der Waals surface area (Å²) in [5.74, 6) is 0.436. The Morgan fingerprint density at radius 3 is 2.31 bits per heavy atom. The lowest BCUT2D eigenvalue weighted by molar-refractivity contribution is 0.0985.